The van der Waals surface area contributed by atoms with Crippen LogP contribution in [0.25, 0.3) is 0 Å². The number of nitrogens with zero attached hydrogens (tertiary/aromatic N) is 3. The largest absolute Gasteiger partial charge is 0.476 e. The minimum atomic E-state index is -3.08. The second kappa shape index (κ2) is 5.61. The number of aromatic nitrogens is 3. The molecule has 1 N–H and O–H groups in total. The van der Waals surface area contributed by atoms with E-state index in [0.29, 0.717) is 9.15 Å². The van der Waals surface area contributed by atoms with Crippen molar-refractivity contribution in [2.45, 2.75) is 13.0 Å². The van der Waals surface area contributed by atoms with Gasteiger partial charge in [-0.2, -0.15) is 0 Å². The molecule has 0 amide bonds. The third kappa shape index (κ3) is 2.82. The molecule has 1 aromatic heterocycles. The third-order valence-corrected chi connectivity index (χ3v) is 3.00. The van der Waals surface area contributed by atoms with E-state index in [1.54, 1.807) is 0 Å². The smallest absolute Gasteiger partial charge is 0.358 e. The fourth-order valence-electron chi connectivity index (χ4n) is 1.63. The van der Waals surface area contributed by atoms with E-state index in [9.17, 15) is 18.0 Å². The molecule has 0 aliphatic rings. The van der Waals surface area contributed by atoms with E-state index >= 15 is 0 Å². The van der Waals surface area contributed by atoms with E-state index in [4.69, 9.17) is 5.11 Å². The van der Waals surface area contributed by atoms with Crippen molar-refractivity contribution < 1.29 is 23.1 Å². The summed E-state index contributed by atoms with van der Waals surface area (Å²) < 4.78 is 40.6. The molecule has 0 saturated heterocycles. The Bertz CT molecular complexity index is 660. The first-order valence-corrected chi connectivity index (χ1v) is 6.08. The molecule has 20 heavy (non-hydrogen) atoms. The van der Waals surface area contributed by atoms with Gasteiger partial charge in [0.25, 0.3) is 6.43 Å². The molecule has 0 aliphatic carbocycles. The van der Waals surface area contributed by atoms with Gasteiger partial charge < -0.3 is 5.11 Å². The standard InChI is InChI=1S/C11H7BrF3N3O2/c12-6-1-2-7(13)5(3-6)4-18-9(10(14)15)8(11(19)20)16-17-18/h1-3,10H,4H2,(H,19,20). The van der Waals surface area contributed by atoms with E-state index in [2.05, 4.69) is 26.2 Å². The van der Waals surface area contributed by atoms with Crippen LogP contribution in [0.15, 0.2) is 22.7 Å². The van der Waals surface area contributed by atoms with E-state index < -0.39 is 29.6 Å². The Morgan fingerprint density at radius 1 is 1.45 bits per heavy atom. The lowest BCUT2D eigenvalue weighted by atomic mass is 10.2. The number of carboxylic acid groups (broad SMARTS) is 1. The number of aromatic carboxylic acids is 1. The van der Waals surface area contributed by atoms with Gasteiger partial charge in [0, 0.05) is 10.0 Å². The fraction of sp³-hybridized carbons (Fsp3) is 0.182. The first kappa shape index (κ1) is 14.5. The number of carboxylic acids is 1. The summed E-state index contributed by atoms with van der Waals surface area (Å²) in [5.41, 5.74) is -1.60. The van der Waals surface area contributed by atoms with Crippen LogP contribution >= 0.6 is 15.9 Å². The maximum absolute atomic E-state index is 13.6. The average molecular weight is 350 g/mol. The summed E-state index contributed by atoms with van der Waals surface area (Å²) in [5, 5.41) is 15.3. The lowest BCUT2D eigenvalue weighted by Gasteiger charge is -2.07. The van der Waals surface area contributed by atoms with Gasteiger partial charge in [0.15, 0.2) is 5.69 Å². The molecular weight excluding hydrogens is 343 g/mol. The minimum Gasteiger partial charge on any atom is -0.476 e. The topological polar surface area (TPSA) is 68.0 Å². The molecule has 0 saturated carbocycles. The van der Waals surface area contributed by atoms with Crippen molar-refractivity contribution in [3.8, 4) is 0 Å². The van der Waals surface area contributed by atoms with Crippen LogP contribution in [0, 0.1) is 5.82 Å². The molecule has 0 radical (unpaired) electrons. The first-order valence-electron chi connectivity index (χ1n) is 5.29. The molecule has 9 heteroatoms. The predicted molar refractivity (Wildman–Crippen MR) is 65.1 cm³/mol. The van der Waals surface area contributed by atoms with Gasteiger partial charge in [0.2, 0.25) is 0 Å². The van der Waals surface area contributed by atoms with E-state index in [1.807, 2.05) is 0 Å². The Balaban J connectivity index is 2.43. The normalized spacial score (nSPS) is 11.1. The molecule has 0 aliphatic heterocycles. The number of benzene rings is 1. The molecule has 106 valence electrons. The van der Waals surface area contributed by atoms with Crippen LogP contribution in [0.1, 0.15) is 28.2 Å². The number of halogens is 4. The SMILES string of the molecule is O=C(O)c1nnn(Cc2cc(Br)ccc2F)c1C(F)F. The molecule has 0 atom stereocenters. The van der Waals surface area contributed by atoms with Gasteiger partial charge in [0.05, 0.1) is 6.54 Å². The molecule has 2 aromatic rings. The molecule has 0 spiro atoms. The van der Waals surface area contributed by atoms with Gasteiger partial charge in [0.1, 0.15) is 11.5 Å². The van der Waals surface area contributed by atoms with E-state index in [0.717, 1.165) is 6.07 Å². The van der Waals surface area contributed by atoms with Crippen LogP contribution in [-0.4, -0.2) is 26.1 Å². The Labute approximate surface area is 119 Å². The van der Waals surface area contributed by atoms with Crippen LogP contribution in [-0.2, 0) is 6.54 Å². The Morgan fingerprint density at radius 3 is 2.75 bits per heavy atom. The second-order valence-corrected chi connectivity index (χ2v) is 4.74. The number of hydrogen-bond donors (Lipinski definition) is 1. The first-order chi connectivity index (χ1) is 9.40. The zero-order chi connectivity index (χ0) is 14.9. The summed E-state index contributed by atoms with van der Waals surface area (Å²) in [6.07, 6.45) is -3.08. The highest BCUT2D eigenvalue weighted by Gasteiger charge is 2.26. The number of carbonyl (C=O) groups is 1. The zero-order valence-corrected chi connectivity index (χ0v) is 11.3. The van der Waals surface area contributed by atoms with Gasteiger partial charge in [-0.1, -0.05) is 21.1 Å². The van der Waals surface area contributed by atoms with Crippen molar-refractivity contribution >= 4 is 21.9 Å². The fourth-order valence-corrected chi connectivity index (χ4v) is 2.04. The van der Waals surface area contributed by atoms with Crippen LogP contribution in [0.2, 0.25) is 0 Å². The maximum Gasteiger partial charge on any atom is 0.358 e. The summed E-state index contributed by atoms with van der Waals surface area (Å²) in [4.78, 5) is 10.8. The van der Waals surface area contributed by atoms with Crippen molar-refractivity contribution in [1.82, 2.24) is 15.0 Å². The summed E-state index contributed by atoms with van der Waals surface area (Å²) in [6.45, 7) is -0.342. The van der Waals surface area contributed by atoms with Crippen LogP contribution < -0.4 is 0 Å². The van der Waals surface area contributed by atoms with Crippen LogP contribution in [0.4, 0.5) is 13.2 Å². The number of rotatable bonds is 4. The molecule has 0 fully saturated rings. The van der Waals surface area contributed by atoms with Gasteiger partial charge in [-0.15, -0.1) is 5.10 Å². The van der Waals surface area contributed by atoms with Gasteiger partial charge in [-0.25, -0.2) is 22.6 Å². The van der Waals surface area contributed by atoms with Crippen LogP contribution in [0.3, 0.4) is 0 Å². The molecule has 2 rings (SSSR count). The van der Waals surface area contributed by atoms with Crippen molar-refractivity contribution in [2.75, 3.05) is 0 Å². The zero-order valence-electron chi connectivity index (χ0n) is 9.73. The van der Waals surface area contributed by atoms with Gasteiger partial charge in [-0.05, 0) is 18.2 Å². The quantitative estimate of drug-likeness (QED) is 0.921. The lowest BCUT2D eigenvalue weighted by Crippen LogP contribution is -2.10. The van der Waals surface area contributed by atoms with Gasteiger partial charge >= 0.3 is 5.97 Å². The lowest BCUT2D eigenvalue weighted by molar-refractivity contribution is 0.0675. The molecule has 0 bridgehead atoms. The van der Waals surface area contributed by atoms with E-state index in [1.165, 1.54) is 12.1 Å². The highest BCUT2D eigenvalue weighted by Crippen LogP contribution is 2.23. The van der Waals surface area contributed by atoms with Crippen molar-refractivity contribution in [2.24, 2.45) is 0 Å². The van der Waals surface area contributed by atoms with Crippen molar-refractivity contribution in [3.63, 3.8) is 0 Å². The molecular formula is C11H7BrF3N3O2. The highest BCUT2D eigenvalue weighted by atomic mass is 79.9. The number of alkyl halides is 2. The number of hydrogen-bond acceptors (Lipinski definition) is 3. The maximum atomic E-state index is 13.6. The Hall–Kier alpha value is -1.90. The second-order valence-electron chi connectivity index (χ2n) is 3.82. The molecule has 1 aromatic carbocycles. The summed E-state index contributed by atoms with van der Waals surface area (Å²) in [7, 11) is 0. The summed E-state index contributed by atoms with van der Waals surface area (Å²) in [6, 6.07) is 4.01. The summed E-state index contributed by atoms with van der Waals surface area (Å²) in [5.74, 6) is -2.22. The Morgan fingerprint density at radius 2 is 2.15 bits per heavy atom. The van der Waals surface area contributed by atoms with Crippen molar-refractivity contribution in [3.05, 3.63) is 45.4 Å². The van der Waals surface area contributed by atoms with Gasteiger partial charge in [-0.3, -0.25) is 0 Å². The predicted octanol–water partition coefficient (Wildman–Crippen LogP) is 2.86. The molecule has 1 heterocycles. The summed E-state index contributed by atoms with van der Waals surface area (Å²) >= 11 is 3.13. The Kier molecular flexibility index (Phi) is 4.07. The van der Waals surface area contributed by atoms with Crippen molar-refractivity contribution in [1.29, 1.82) is 0 Å². The monoisotopic (exact) mass is 349 g/mol. The third-order valence-electron chi connectivity index (χ3n) is 2.51. The highest BCUT2D eigenvalue weighted by molar-refractivity contribution is 9.10. The molecule has 5 nitrogen and oxygen atoms in total. The minimum absolute atomic E-state index is 0.0862. The van der Waals surface area contributed by atoms with Crippen LogP contribution in [0.5, 0.6) is 0 Å². The average Bonchev–Trinajstić information content (AvgIpc) is 2.78. The molecule has 0 unspecified atom stereocenters. The van der Waals surface area contributed by atoms with E-state index in [-0.39, 0.29) is 12.1 Å².